The van der Waals surface area contributed by atoms with Gasteiger partial charge in [-0.1, -0.05) is 19.1 Å². The lowest BCUT2D eigenvalue weighted by Gasteiger charge is -2.16. The molecule has 0 saturated heterocycles. The number of aromatic amines is 1. The van der Waals surface area contributed by atoms with Crippen LogP contribution in [0.5, 0.6) is 5.75 Å². The Balaban J connectivity index is 1.77. The molecule has 0 aliphatic rings. The summed E-state index contributed by atoms with van der Waals surface area (Å²) in [5.74, 6) is 1.25. The molecule has 2 heterocycles. The summed E-state index contributed by atoms with van der Waals surface area (Å²) in [6.45, 7) is 4.68. The van der Waals surface area contributed by atoms with Crippen LogP contribution in [0.3, 0.4) is 0 Å². The first kappa shape index (κ1) is 17.7. The third kappa shape index (κ3) is 3.58. The molecule has 0 aliphatic carbocycles. The van der Waals surface area contributed by atoms with Gasteiger partial charge in [0.25, 0.3) is 5.91 Å². The van der Waals surface area contributed by atoms with Crippen LogP contribution in [0.2, 0.25) is 0 Å². The van der Waals surface area contributed by atoms with Crippen molar-refractivity contribution >= 4 is 5.91 Å². The van der Waals surface area contributed by atoms with Crippen molar-refractivity contribution < 1.29 is 9.53 Å². The third-order valence-electron chi connectivity index (χ3n) is 4.16. The lowest BCUT2D eigenvalue weighted by Crippen LogP contribution is -2.30. The smallest absolute Gasteiger partial charge is 0.269 e. The van der Waals surface area contributed by atoms with Crippen LogP contribution >= 0.6 is 0 Å². The SMILES string of the molecule is CCC(NC(=O)c1cc(-c2cccc(OC)c2)n[nH]1)c1ncnn1CC. The fraction of sp³-hybridized carbons (Fsp3) is 0.333. The summed E-state index contributed by atoms with van der Waals surface area (Å²) in [7, 11) is 1.61. The molecule has 1 unspecified atom stereocenters. The summed E-state index contributed by atoms with van der Waals surface area (Å²) in [6.07, 6.45) is 2.21. The molecule has 1 amide bonds. The second-order valence-electron chi connectivity index (χ2n) is 5.77. The topological polar surface area (TPSA) is 97.7 Å². The van der Waals surface area contributed by atoms with Gasteiger partial charge in [0.15, 0.2) is 0 Å². The first-order valence-corrected chi connectivity index (χ1v) is 8.54. The Labute approximate surface area is 151 Å². The van der Waals surface area contributed by atoms with Crippen molar-refractivity contribution in [2.75, 3.05) is 7.11 Å². The lowest BCUT2D eigenvalue weighted by molar-refractivity contribution is 0.0927. The van der Waals surface area contributed by atoms with Crippen molar-refractivity contribution in [1.82, 2.24) is 30.3 Å². The zero-order valence-electron chi connectivity index (χ0n) is 15.1. The first-order chi connectivity index (χ1) is 12.7. The van der Waals surface area contributed by atoms with Crippen molar-refractivity contribution in [1.29, 1.82) is 0 Å². The van der Waals surface area contributed by atoms with Crippen molar-refractivity contribution in [2.24, 2.45) is 0 Å². The van der Waals surface area contributed by atoms with Crippen LogP contribution in [-0.2, 0) is 6.54 Å². The molecular formula is C18H22N6O2. The van der Waals surface area contributed by atoms with Crippen LogP contribution in [-0.4, -0.2) is 38.0 Å². The molecule has 0 radical (unpaired) electrons. The highest BCUT2D eigenvalue weighted by atomic mass is 16.5. The molecule has 2 aromatic heterocycles. The Morgan fingerprint density at radius 2 is 2.19 bits per heavy atom. The molecule has 1 aromatic carbocycles. The molecule has 1 atom stereocenters. The van der Waals surface area contributed by atoms with E-state index < -0.39 is 0 Å². The molecule has 0 spiro atoms. The van der Waals surface area contributed by atoms with Gasteiger partial charge in [-0.2, -0.15) is 10.2 Å². The van der Waals surface area contributed by atoms with Crippen molar-refractivity contribution in [3.8, 4) is 17.0 Å². The summed E-state index contributed by atoms with van der Waals surface area (Å²) in [6, 6.07) is 9.04. The number of H-pyrrole nitrogens is 1. The van der Waals surface area contributed by atoms with E-state index >= 15 is 0 Å². The Kier molecular flexibility index (Phi) is 5.31. The fourth-order valence-corrected chi connectivity index (χ4v) is 2.74. The Morgan fingerprint density at radius 1 is 1.35 bits per heavy atom. The Morgan fingerprint density at radius 3 is 2.92 bits per heavy atom. The molecule has 8 nitrogen and oxygen atoms in total. The van der Waals surface area contributed by atoms with Crippen molar-refractivity contribution in [2.45, 2.75) is 32.9 Å². The van der Waals surface area contributed by atoms with E-state index in [2.05, 4.69) is 25.6 Å². The van der Waals surface area contributed by atoms with E-state index in [0.717, 1.165) is 17.1 Å². The minimum Gasteiger partial charge on any atom is -0.497 e. The van der Waals surface area contributed by atoms with Crippen molar-refractivity contribution in [3.05, 3.63) is 48.2 Å². The van der Waals surface area contributed by atoms with Gasteiger partial charge in [0, 0.05) is 12.1 Å². The number of aromatic nitrogens is 5. The number of methoxy groups -OCH3 is 1. The maximum absolute atomic E-state index is 12.6. The van der Waals surface area contributed by atoms with Gasteiger partial charge in [-0.15, -0.1) is 0 Å². The second kappa shape index (κ2) is 7.81. The molecule has 3 aromatic rings. The summed E-state index contributed by atoms with van der Waals surface area (Å²) in [5.41, 5.74) is 1.94. The molecule has 26 heavy (non-hydrogen) atoms. The lowest BCUT2D eigenvalue weighted by atomic mass is 10.1. The standard InChI is InChI=1S/C18H22N6O2/c1-4-14(17-19-11-20-24(17)5-2)21-18(25)16-10-15(22-23-16)12-7-6-8-13(9-12)26-3/h6-11,14H,4-5H2,1-3H3,(H,21,25)(H,22,23). The summed E-state index contributed by atoms with van der Waals surface area (Å²) < 4.78 is 7.01. The van der Waals surface area contributed by atoms with Gasteiger partial charge in [0.1, 0.15) is 23.6 Å². The predicted molar refractivity (Wildman–Crippen MR) is 96.8 cm³/mol. The summed E-state index contributed by atoms with van der Waals surface area (Å²) in [4.78, 5) is 16.9. The van der Waals surface area contributed by atoms with Gasteiger partial charge in [-0.3, -0.25) is 9.89 Å². The molecule has 8 heteroatoms. The number of rotatable bonds is 7. The Bertz CT molecular complexity index is 885. The Hall–Kier alpha value is -3.16. The number of aryl methyl sites for hydroxylation is 1. The molecule has 0 saturated carbocycles. The van der Waals surface area contributed by atoms with Gasteiger partial charge < -0.3 is 10.1 Å². The van der Waals surface area contributed by atoms with E-state index in [1.165, 1.54) is 6.33 Å². The van der Waals surface area contributed by atoms with Crippen LogP contribution in [0.15, 0.2) is 36.7 Å². The summed E-state index contributed by atoms with van der Waals surface area (Å²) >= 11 is 0. The van der Waals surface area contributed by atoms with Crippen molar-refractivity contribution in [3.63, 3.8) is 0 Å². The number of nitrogens with one attached hydrogen (secondary N) is 2. The molecule has 2 N–H and O–H groups in total. The maximum Gasteiger partial charge on any atom is 0.269 e. The van der Waals surface area contributed by atoms with E-state index in [1.807, 2.05) is 38.1 Å². The zero-order valence-corrected chi connectivity index (χ0v) is 15.1. The van der Waals surface area contributed by atoms with Gasteiger partial charge in [-0.05, 0) is 31.5 Å². The average molecular weight is 354 g/mol. The first-order valence-electron chi connectivity index (χ1n) is 8.54. The van der Waals surface area contributed by atoms with Crippen LogP contribution in [0.25, 0.3) is 11.3 Å². The number of benzene rings is 1. The number of nitrogens with zero attached hydrogens (tertiary/aromatic N) is 4. The number of hydrogen-bond donors (Lipinski definition) is 2. The normalized spacial score (nSPS) is 12.0. The van der Waals surface area contributed by atoms with Gasteiger partial charge in [-0.25, -0.2) is 9.67 Å². The quantitative estimate of drug-likeness (QED) is 0.679. The van der Waals surface area contributed by atoms with E-state index in [0.29, 0.717) is 24.4 Å². The van der Waals surface area contributed by atoms with E-state index in [4.69, 9.17) is 4.74 Å². The predicted octanol–water partition coefficient (Wildman–Crippen LogP) is 2.58. The zero-order chi connectivity index (χ0) is 18.5. The summed E-state index contributed by atoms with van der Waals surface area (Å²) in [5, 5.41) is 14.2. The molecule has 0 aliphatic heterocycles. The molecule has 0 fully saturated rings. The van der Waals surface area contributed by atoms with Crippen LogP contribution in [0, 0.1) is 0 Å². The van der Waals surface area contributed by atoms with Gasteiger partial charge >= 0.3 is 0 Å². The largest absolute Gasteiger partial charge is 0.497 e. The average Bonchev–Trinajstić information content (AvgIpc) is 3.35. The molecule has 0 bridgehead atoms. The highest BCUT2D eigenvalue weighted by Crippen LogP contribution is 2.23. The van der Waals surface area contributed by atoms with Crippen LogP contribution < -0.4 is 10.1 Å². The van der Waals surface area contributed by atoms with E-state index in [1.54, 1.807) is 17.9 Å². The van der Waals surface area contributed by atoms with E-state index in [9.17, 15) is 4.79 Å². The van der Waals surface area contributed by atoms with Gasteiger partial charge in [0.2, 0.25) is 0 Å². The van der Waals surface area contributed by atoms with E-state index in [-0.39, 0.29) is 11.9 Å². The second-order valence-corrected chi connectivity index (χ2v) is 5.77. The minimum absolute atomic E-state index is 0.214. The minimum atomic E-state index is -0.232. The van der Waals surface area contributed by atoms with Gasteiger partial charge in [0.05, 0.1) is 18.8 Å². The fourth-order valence-electron chi connectivity index (χ4n) is 2.74. The number of amides is 1. The monoisotopic (exact) mass is 354 g/mol. The number of carbonyl (C=O) groups is 1. The highest BCUT2D eigenvalue weighted by Gasteiger charge is 2.20. The van der Waals surface area contributed by atoms with Crippen LogP contribution in [0.1, 0.15) is 42.6 Å². The number of carbonyl (C=O) groups excluding carboxylic acids is 1. The number of ether oxygens (including phenoxy) is 1. The highest BCUT2D eigenvalue weighted by molar-refractivity contribution is 5.93. The number of hydrogen-bond acceptors (Lipinski definition) is 5. The molecule has 3 rings (SSSR count). The maximum atomic E-state index is 12.6. The molecule has 136 valence electrons. The third-order valence-corrected chi connectivity index (χ3v) is 4.16. The van der Waals surface area contributed by atoms with Crippen LogP contribution in [0.4, 0.5) is 0 Å². The molecular weight excluding hydrogens is 332 g/mol.